The maximum absolute atomic E-state index is 11.2. The first-order valence-corrected chi connectivity index (χ1v) is 4.24. The number of ether oxygens (including phenoxy) is 1. The van der Waals surface area contributed by atoms with Crippen LogP contribution in [0.5, 0.6) is 0 Å². The fourth-order valence-electron chi connectivity index (χ4n) is 1.04. The molecule has 2 N–H and O–H groups in total. The lowest BCUT2D eigenvalue weighted by atomic mass is 10.1. The molecule has 4 heteroatoms. The van der Waals surface area contributed by atoms with Gasteiger partial charge in [0.2, 0.25) is 0 Å². The first kappa shape index (κ1) is 12.9. The second kappa shape index (κ2) is 6.40. The number of nitrogens with two attached hydrogens (primary N) is 1. The molecule has 3 nitrogen and oxygen atoms in total. The minimum absolute atomic E-state index is 0. The van der Waals surface area contributed by atoms with Gasteiger partial charge in [0.25, 0.3) is 0 Å². The molecule has 0 aliphatic heterocycles. The van der Waals surface area contributed by atoms with E-state index in [-0.39, 0.29) is 18.4 Å². The number of rotatable bonds is 3. The fraction of sp³-hybridized carbons (Fsp3) is 0.300. The number of halogens is 1. The van der Waals surface area contributed by atoms with Crippen molar-refractivity contribution in [2.45, 2.75) is 13.5 Å². The Bertz CT molecular complexity index is 302. The largest absolute Gasteiger partial charge is 0.462 e. The molecule has 14 heavy (non-hydrogen) atoms. The quantitative estimate of drug-likeness (QED) is 0.782. The van der Waals surface area contributed by atoms with Crippen molar-refractivity contribution < 1.29 is 9.53 Å². The van der Waals surface area contributed by atoms with Crippen molar-refractivity contribution >= 4 is 18.4 Å². The summed E-state index contributed by atoms with van der Waals surface area (Å²) in [5.74, 6) is -0.294. The third kappa shape index (κ3) is 3.36. The summed E-state index contributed by atoms with van der Waals surface area (Å²) in [6, 6.07) is 7.15. The van der Waals surface area contributed by atoms with E-state index < -0.39 is 0 Å². The summed E-state index contributed by atoms with van der Waals surface area (Å²) in [4.78, 5) is 11.2. The maximum atomic E-state index is 11.2. The zero-order chi connectivity index (χ0) is 9.68. The van der Waals surface area contributed by atoms with Crippen molar-refractivity contribution in [3.63, 3.8) is 0 Å². The summed E-state index contributed by atoms with van der Waals surface area (Å²) in [6.07, 6.45) is 0. The highest BCUT2D eigenvalue weighted by Gasteiger charge is 2.05. The second-order valence-electron chi connectivity index (χ2n) is 2.62. The van der Waals surface area contributed by atoms with Crippen LogP contribution in [0.25, 0.3) is 0 Å². The summed E-state index contributed by atoms with van der Waals surface area (Å²) in [5, 5.41) is 0. The SMILES string of the molecule is CCOC(=O)c1cccc(CN)c1.Cl. The topological polar surface area (TPSA) is 52.3 Å². The summed E-state index contributed by atoms with van der Waals surface area (Å²) in [5.41, 5.74) is 6.94. The van der Waals surface area contributed by atoms with E-state index in [0.29, 0.717) is 18.7 Å². The van der Waals surface area contributed by atoms with Gasteiger partial charge in [0, 0.05) is 6.54 Å². The molecule has 0 saturated heterocycles. The fourth-order valence-corrected chi connectivity index (χ4v) is 1.04. The molecule has 0 amide bonds. The number of carbonyl (C=O) groups excluding carboxylic acids is 1. The van der Waals surface area contributed by atoms with Crippen molar-refractivity contribution in [3.05, 3.63) is 35.4 Å². The maximum Gasteiger partial charge on any atom is 0.338 e. The van der Waals surface area contributed by atoms with Gasteiger partial charge in [-0.1, -0.05) is 12.1 Å². The van der Waals surface area contributed by atoms with Crippen LogP contribution in [-0.4, -0.2) is 12.6 Å². The molecule has 0 radical (unpaired) electrons. The van der Waals surface area contributed by atoms with Gasteiger partial charge in [0.05, 0.1) is 12.2 Å². The number of carbonyl (C=O) groups is 1. The van der Waals surface area contributed by atoms with E-state index in [1.807, 2.05) is 6.07 Å². The lowest BCUT2D eigenvalue weighted by Gasteiger charge is -2.02. The van der Waals surface area contributed by atoms with E-state index in [1.54, 1.807) is 25.1 Å². The van der Waals surface area contributed by atoms with Crippen molar-refractivity contribution in [2.75, 3.05) is 6.61 Å². The molecule has 78 valence electrons. The third-order valence-corrected chi connectivity index (χ3v) is 1.67. The van der Waals surface area contributed by atoms with Crippen LogP contribution in [0.1, 0.15) is 22.8 Å². The van der Waals surface area contributed by atoms with Crippen LogP contribution in [0.15, 0.2) is 24.3 Å². The smallest absolute Gasteiger partial charge is 0.338 e. The van der Waals surface area contributed by atoms with Gasteiger partial charge in [0.1, 0.15) is 0 Å². The van der Waals surface area contributed by atoms with Crippen molar-refractivity contribution in [1.29, 1.82) is 0 Å². The average molecular weight is 216 g/mol. The van der Waals surface area contributed by atoms with E-state index in [0.717, 1.165) is 5.56 Å². The zero-order valence-electron chi connectivity index (χ0n) is 8.03. The van der Waals surface area contributed by atoms with Gasteiger partial charge in [0.15, 0.2) is 0 Å². The van der Waals surface area contributed by atoms with Gasteiger partial charge in [-0.05, 0) is 24.6 Å². The van der Waals surface area contributed by atoms with Gasteiger partial charge in [-0.15, -0.1) is 12.4 Å². The number of hydrogen-bond donors (Lipinski definition) is 1. The van der Waals surface area contributed by atoms with Gasteiger partial charge >= 0.3 is 5.97 Å². The van der Waals surface area contributed by atoms with Gasteiger partial charge in [-0.2, -0.15) is 0 Å². The molecule has 0 unspecified atom stereocenters. The minimum atomic E-state index is -0.294. The normalized spacial score (nSPS) is 9.00. The van der Waals surface area contributed by atoms with Crippen molar-refractivity contribution in [1.82, 2.24) is 0 Å². The average Bonchev–Trinajstić information content (AvgIpc) is 2.18. The van der Waals surface area contributed by atoms with Crippen LogP contribution in [0.3, 0.4) is 0 Å². The molecular weight excluding hydrogens is 202 g/mol. The van der Waals surface area contributed by atoms with Crippen LogP contribution >= 0.6 is 12.4 Å². The Balaban J connectivity index is 0.00000169. The van der Waals surface area contributed by atoms with Crippen molar-refractivity contribution in [2.24, 2.45) is 5.73 Å². The highest BCUT2D eigenvalue weighted by molar-refractivity contribution is 5.89. The molecule has 0 aromatic heterocycles. The third-order valence-electron chi connectivity index (χ3n) is 1.67. The number of hydrogen-bond acceptors (Lipinski definition) is 3. The van der Waals surface area contributed by atoms with Gasteiger partial charge < -0.3 is 10.5 Å². The summed E-state index contributed by atoms with van der Waals surface area (Å²) >= 11 is 0. The van der Waals surface area contributed by atoms with E-state index >= 15 is 0 Å². The van der Waals surface area contributed by atoms with Crippen LogP contribution < -0.4 is 5.73 Å². The molecule has 0 bridgehead atoms. The molecule has 0 atom stereocenters. The number of esters is 1. The Labute approximate surface area is 89.7 Å². The lowest BCUT2D eigenvalue weighted by Crippen LogP contribution is -2.06. The predicted molar refractivity (Wildman–Crippen MR) is 57.5 cm³/mol. The second-order valence-corrected chi connectivity index (χ2v) is 2.62. The summed E-state index contributed by atoms with van der Waals surface area (Å²) in [6.45, 7) is 2.61. The van der Waals surface area contributed by atoms with E-state index in [4.69, 9.17) is 10.5 Å². The number of benzene rings is 1. The molecule has 0 heterocycles. The predicted octanol–water partition coefficient (Wildman–Crippen LogP) is 1.74. The summed E-state index contributed by atoms with van der Waals surface area (Å²) < 4.78 is 4.85. The molecule has 0 aliphatic rings. The zero-order valence-corrected chi connectivity index (χ0v) is 8.84. The van der Waals surface area contributed by atoms with E-state index in [9.17, 15) is 4.79 Å². The molecule has 1 aromatic carbocycles. The standard InChI is InChI=1S/C10H13NO2.ClH/c1-2-13-10(12)9-5-3-4-8(6-9)7-11;/h3-6H,2,7,11H2,1H3;1H. The van der Waals surface area contributed by atoms with E-state index in [2.05, 4.69) is 0 Å². The Morgan fingerprint density at radius 3 is 2.79 bits per heavy atom. The molecule has 0 spiro atoms. The van der Waals surface area contributed by atoms with E-state index in [1.165, 1.54) is 0 Å². The summed E-state index contributed by atoms with van der Waals surface area (Å²) in [7, 11) is 0. The Morgan fingerprint density at radius 2 is 2.21 bits per heavy atom. The minimum Gasteiger partial charge on any atom is -0.462 e. The molecular formula is C10H14ClNO2. The van der Waals surface area contributed by atoms with Crippen molar-refractivity contribution in [3.8, 4) is 0 Å². The van der Waals surface area contributed by atoms with Gasteiger partial charge in [-0.25, -0.2) is 4.79 Å². The van der Waals surface area contributed by atoms with Gasteiger partial charge in [-0.3, -0.25) is 0 Å². The Hall–Kier alpha value is -1.06. The first-order chi connectivity index (χ1) is 6.27. The van der Waals surface area contributed by atoms with Crippen LogP contribution in [0, 0.1) is 0 Å². The Kier molecular flexibility index (Phi) is 5.92. The lowest BCUT2D eigenvalue weighted by molar-refractivity contribution is 0.0526. The molecule has 0 saturated carbocycles. The van der Waals surface area contributed by atoms with Crippen LogP contribution in [0.4, 0.5) is 0 Å². The van der Waals surface area contributed by atoms with Crippen LogP contribution in [-0.2, 0) is 11.3 Å². The monoisotopic (exact) mass is 215 g/mol. The Morgan fingerprint density at radius 1 is 1.50 bits per heavy atom. The molecule has 0 aliphatic carbocycles. The molecule has 1 rings (SSSR count). The highest BCUT2D eigenvalue weighted by atomic mass is 35.5. The van der Waals surface area contributed by atoms with Crippen LogP contribution in [0.2, 0.25) is 0 Å². The highest BCUT2D eigenvalue weighted by Crippen LogP contribution is 2.05. The first-order valence-electron chi connectivity index (χ1n) is 4.24. The molecule has 0 fully saturated rings. The molecule has 1 aromatic rings.